The molecule has 0 aliphatic carbocycles. The number of piperidine rings is 1. The molecular formula is C31H32N2O4. The van der Waals surface area contributed by atoms with Gasteiger partial charge in [-0.25, -0.2) is 0 Å². The molecule has 1 heterocycles. The number of rotatable bonds is 8. The lowest BCUT2D eigenvalue weighted by Crippen LogP contribution is -2.33. The monoisotopic (exact) mass is 496 g/mol. The van der Waals surface area contributed by atoms with E-state index in [2.05, 4.69) is 16.3 Å². The van der Waals surface area contributed by atoms with Gasteiger partial charge >= 0.3 is 5.97 Å². The van der Waals surface area contributed by atoms with E-state index in [9.17, 15) is 9.90 Å². The van der Waals surface area contributed by atoms with Gasteiger partial charge in [0.25, 0.3) is 0 Å². The third-order valence-corrected chi connectivity index (χ3v) is 6.64. The van der Waals surface area contributed by atoms with E-state index in [0.29, 0.717) is 11.5 Å². The van der Waals surface area contributed by atoms with Gasteiger partial charge < -0.3 is 24.8 Å². The lowest BCUT2D eigenvalue weighted by Gasteiger charge is -2.27. The highest BCUT2D eigenvalue weighted by molar-refractivity contribution is 6.02. The number of aromatic hydroxyl groups is 1. The molecule has 0 amide bonds. The zero-order chi connectivity index (χ0) is 25.6. The number of esters is 1. The Bertz CT molecular complexity index is 1360. The number of carbonyl (C=O) groups excluding carboxylic acids is 1. The van der Waals surface area contributed by atoms with E-state index in [1.807, 2.05) is 48.5 Å². The number of likely N-dealkylation sites (tertiary alicyclic amines) is 1. The van der Waals surface area contributed by atoms with Crippen LogP contribution in [0.2, 0.25) is 0 Å². The third-order valence-electron chi connectivity index (χ3n) is 6.64. The Morgan fingerprint density at radius 1 is 0.919 bits per heavy atom. The standard InChI is InChI=1S/C31H32N2O4/c1-22(34)36-27-13-10-23(11-14-27)30-29(32-16-19-33-17-6-3-7-18-33)21-24-20-25(35)12-15-28(24)31(30)37-26-8-4-2-5-9-26/h2,4-5,8-15,20-21,32,35H,3,6-7,16-19H2,1H3. The van der Waals surface area contributed by atoms with Gasteiger partial charge in [0.1, 0.15) is 23.0 Å². The fourth-order valence-electron chi connectivity index (χ4n) is 4.89. The van der Waals surface area contributed by atoms with Gasteiger partial charge in [-0.2, -0.15) is 0 Å². The Morgan fingerprint density at radius 3 is 2.41 bits per heavy atom. The van der Waals surface area contributed by atoms with Crippen LogP contribution >= 0.6 is 0 Å². The number of nitrogens with one attached hydrogen (secondary N) is 1. The van der Waals surface area contributed by atoms with Crippen LogP contribution in [0.3, 0.4) is 0 Å². The fourth-order valence-corrected chi connectivity index (χ4v) is 4.89. The summed E-state index contributed by atoms with van der Waals surface area (Å²) in [6.45, 7) is 5.41. The average molecular weight is 497 g/mol. The van der Waals surface area contributed by atoms with Gasteiger partial charge in [0.05, 0.1) is 0 Å². The van der Waals surface area contributed by atoms with E-state index in [1.165, 1.54) is 26.2 Å². The summed E-state index contributed by atoms with van der Waals surface area (Å²) in [5.41, 5.74) is 2.76. The molecule has 0 bridgehead atoms. The molecule has 1 saturated heterocycles. The molecule has 4 aromatic rings. The molecule has 0 spiro atoms. The van der Waals surface area contributed by atoms with E-state index in [4.69, 9.17) is 9.47 Å². The normalized spacial score (nSPS) is 13.9. The van der Waals surface area contributed by atoms with E-state index < -0.39 is 0 Å². The Labute approximate surface area is 217 Å². The Morgan fingerprint density at radius 2 is 1.68 bits per heavy atom. The summed E-state index contributed by atoms with van der Waals surface area (Å²) in [6.07, 6.45) is 3.82. The van der Waals surface area contributed by atoms with Crippen molar-refractivity contribution in [3.8, 4) is 34.1 Å². The topological polar surface area (TPSA) is 71.0 Å². The van der Waals surface area contributed by atoms with Crippen molar-refractivity contribution in [1.29, 1.82) is 0 Å². The second kappa shape index (κ2) is 11.4. The molecule has 6 nitrogen and oxygen atoms in total. The van der Waals surface area contributed by atoms with Crippen molar-refractivity contribution in [2.24, 2.45) is 0 Å². The van der Waals surface area contributed by atoms with E-state index in [-0.39, 0.29) is 11.7 Å². The van der Waals surface area contributed by atoms with E-state index in [0.717, 1.165) is 59.5 Å². The summed E-state index contributed by atoms with van der Waals surface area (Å²) in [5, 5.41) is 15.7. The molecule has 1 aliphatic heterocycles. The summed E-state index contributed by atoms with van der Waals surface area (Å²) in [5.74, 6) is 1.76. The minimum atomic E-state index is -0.355. The first-order chi connectivity index (χ1) is 18.1. The second-order valence-corrected chi connectivity index (χ2v) is 9.40. The molecule has 190 valence electrons. The van der Waals surface area contributed by atoms with Crippen LogP contribution in [0.25, 0.3) is 21.9 Å². The molecule has 4 aromatic carbocycles. The van der Waals surface area contributed by atoms with Gasteiger partial charge in [0.15, 0.2) is 0 Å². The number of anilines is 1. The summed E-state index contributed by atoms with van der Waals surface area (Å²) >= 11 is 0. The molecule has 0 atom stereocenters. The first kappa shape index (κ1) is 24.7. The lowest BCUT2D eigenvalue weighted by molar-refractivity contribution is -0.131. The Kier molecular flexibility index (Phi) is 7.57. The van der Waals surface area contributed by atoms with E-state index >= 15 is 0 Å². The van der Waals surface area contributed by atoms with Crippen molar-refractivity contribution in [2.75, 3.05) is 31.5 Å². The second-order valence-electron chi connectivity index (χ2n) is 9.40. The van der Waals surface area contributed by atoms with Crippen LogP contribution in [-0.2, 0) is 4.79 Å². The molecule has 0 unspecified atom stereocenters. The van der Waals surface area contributed by atoms with Crippen molar-refractivity contribution in [3.63, 3.8) is 0 Å². The smallest absolute Gasteiger partial charge is 0.308 e. The first-order valence-corrected chi connectivity index (χ1v) is 12.8. The van der Waals surface area contributed by atoms with Crippen LogP contribution in [0.1, 0.15) is 26.2 Å². The summed E-state index contributed by atoms with van der Waals surface area (Å²) in [6, 6.07) is 24.5. The summed E-state index contributed by atoms with van der Waals surface area (Å²) < 4.78 is 11.8. The Balaban J connectivity index is 1.59. The van der Waals surface area contributed by atoms with Gasteiger partial charge in [-0.05, 0) is 85.4 Å². The van der Waals surface area contributed by atoms with Gasteiger partial charge in [0, 0.05) is 36.7 Å². The highest BCUT2D eigenvalue weighted by atomic mass is 16.5. The van der Waals surface area contributed by atoms with Gasteiger partial charge in [0.2, 0.25) is 0 Å². The number of carbonyl (C=O) groups is 1. The molecule has 0 saturated carbocycles. The largest absolute Gasteiger partial charge is 0.508 e. The third kappa shape index (κ3) is 6.04. The number of fused-ring (bicyclic) bond motifs is 1. The van der Waals surface area contributed by atoms with Crippen LogP contribution in [0, 0.1) is 0 Å². The van der Waals surface area contributed by atoms with Crippen LogP contribution in [-0.4, -0.2) is 42.2 Å². The van der Waals surface area contributed by atoms with Crippen LogP contribution in [0.15, 0.2) is 78.9 Å². The number of benzene rings is 4. The minimum Gasteiger partial charge on any atom is -0.508 e. The van der Waals surface area contributed by atoms with Gasteiger partial charge in [-0.1, -0.05) is 36.8 Å². The predicted octanol–water partition coefficient (Wildman–Crippen LogP) is 6.83. The van der Waals surface area contributed by atoms with Crippen molar-refractivity contribution in [2.45, 2.75) is 26.2 Å². The summed E-state index contributed by atoms with van der Waals surface area (Å²) in [4.78, 5) is 13.9. The average Bonchev–Trinajstić information content (AvgIpc) is 2.90. The van der Waals surface area contributed by atoms with Crippen LogP contribution in [0.4, 0.5) is 5.69 Å². The molecule has 5 rings (SSSR count). The van der Waals surface area contributed by atoms with Crippen molar-refractivity contribution < 1.29 is 19.4 Å². The molecular weight excluding hydrogens is 464 g/mol. The van der Waals surface area contributed by atoms with Crippen molar-refractivity contribution >= 4 is 22.4 Å². The van der Waals surface area contributed by atoms with Gasteiger partial charge in [-0.15, -0.1) is 0 Å². The fraction of sp³-hybridized carbons (Fsp3) is 0.258. The molecule has 0 aromatic heterocycles. The SMILES string of the molecule is CC(=O)Oc1ccc(-c2c(NCCN3CCCCC3)cc3cc(O)ccc3c2Oc2ccccc2)cc1. The highest BCUT2D eigenvalue weighted by Gasteiger charge is 2.19. The number of phenols is 1. The zero-order valence-electron chi connectivity index (χ0n) is 21.1. The number of hydrogen-bond acceptors (Lipinski definition) is 6. The maximum absolute atomic E-state index is 11.4. The maximum Gasteiger partial charge on any atom is 0.308 e. The molecule has 1 fully saturated rings. The number of ether oxygens (including phenoxy) is 2. The van der Waals surface area contributed by atoms with Crippen molar-refractivity contribution in [1.82, 2.24) is 4.90 Å². The van der Waals surface area contributed by atoms with Crippen molar-refractivity contribution in [3.05, 3.63) is 78.9 Å². The minimum absolute atomic E-state index is 0.205. The molecule has 6 heteroatoms. The predicted molar refractivity (Wildman–Crippen MR) is 148 cm³/mol. The van der Waals surface area contributed by atoms with Crippen LogP contribution in [0.5, 0.6) is 23.0 Å². The quantitative estimate of drug-likeness (QED) is 0.206. The Hall–Kier alpha value is -4.03. The lowest BCUT2D eigenvalue weighted by atomic mass is 9.96. The highest BCUT2D eigenvalue weighted by Crippen LogP contribution is 2.45. The molecule has 2 N–H and O–H groups in total. The van der Waals surface area contributed by atoms with Crippen LogP contribution < -0.4 is 14.8 Å². The number of phenolic OH excluding ortho intramolecular Hbond substituents is 1. The number of para-hydroxylation sites is 1. The number of hydrogen-bond donors (Lipinski definition) is 2. The maximum atomic E-state index is 11.4. The number of nitrogens with zero attached hydrogens (tertiary/aromatic N) is 1. The summed E-state index contributed by atoms with van der Waals surface area (Å²) in [7, 11) is 0. The van der Waals surface area contributed by atoms with Gasteiger partial charge in [-0.3, -0.25) is 4.79 Å². The molecule has 37 heavy (non-hydrogen) atoms. The zero-order valence-corrected chi connectivity index (χ0v) is 21.1. The molecule has 0 radical (unpaired) electrons. The van der Waals surface area contributed by atoms with E-state index in [1.54, 1.807) is 24.3 Å². The first-order valence-electron chi connectivity index (χ1n) is 12.8. The molecule has 1 aliphatic rings.